The molecule has 2 bridgehead atoms. The molecule has 1 aliphatic carbocycles. The highest BCUT2D eigenvalue weighted by Gasteiger charge is 2.59. The van der Waals surface area contributed by atoms with Gasteiger partial charge in [0.15, 0.2) is 0 Å². The maximum absolute atomic E-state index is 6.21. The van der Waals surface area contributed by atoms with E-state index in [1.807, 2.05) is 6.07 Å². The van der Waals surface area contributed by atoms with Gasteiger partial charge in [0.2, 0.25) is 0 Å². The van der Waals surface area contributed by atoms with Gasteiger partial charge in [0.05, 0.1) is 23.9 Å². The minimum atomic E-state index is -0.0804. The molecule has 3 atom stereocenters. The molecule has 1 aliphatic heterocycles. The average molecular weight is 246 g/mol. The molecular formula is C16H22O2. The first-order valence-corrected chi connectivity index (χ1v) is 6.85. The van der Waals surface area contributed by atoms with Crippen molar-refractivity contribution in [3.8, 4) is 0 Å². The number of hydrogen-bond acceptors (Lipinski definition) is 2. The second-order valence-corrected chi connectivity index (χ2v) is 6.44. The van der Waals surface area contributed by atoms with Crippen molar-refractivity contribution >= 4 is 0 Å². The van der Waals surface area contributed by atoms with Gasteiger partial charge in [-0.2, -0.15) is 0 Å². The summed E-state index contributed by atoms with van der Waals surface area (Å²) in [6.07, 6.45) is 2.52. The molecule has 1 aromatic carbocycles. The lowest BCUT2D eigenvalue weighted by Gasteiger charge is -2.39. The summed E-state index contributed by atoms with van der Waals surface area (Å²) in [5, 5.41) is 0. The molecule has 2 fully saturated rings. The van der Waals surface area contributed by atoms with Crippen molar-refractivity contribution < 1.29 is 9.47 Å². The van der Waals surface area contributed by atoms with Crippen molar-refractivity contribution in [2.75, 3.05) is 0 Å². The van der Waals surface area contributed by atoms with Crippen LogP contribution < -0.4 is 0 Å². The first-order valence-electron chi connectivity index (χ1n) is 6.85. The van der Waals surface area contributed by atoms with E-state index in [1.165, 1.54) is 5.56 Å². The van der Waals surface area contributed by atoms with Crippen LogP contribution in [0.2, 0.25) is 0 Å². The van der Waals surface area contributed by atoms with Crippen LogP contribution in [-0.2, 0) is 16.1 Å². The molecule has 1 saturated heterocycles. The quantitative estimate of drug-likeness (QED) is 0.812. The lowest BCUT2D eigenvalue weighted by molar-refractivity contribution is -0.185. The van der Waals surface area contributed by atoms with Crippen molar-refractivity contribution in [1.82, 2.24) is 0 Å². The third-order valence-electron chi connectivity index (χ3n) is 4.60. The van der Waals surface area contributed by atoms with Crippen molar-refractivity contribution in [3.05, 3.63) is 35.9 Å². The van der Waals surface area contributed by atoms with Crippen LogP contribution in [-0.4, -0.2) is 17.3 Å². The Bertz CT molecular complexity index is 426. The average Bonchev–Trinajstić information content (AvgIpc) is 2.75. The Morgan fingerprint density at radius 2 is 1.94 bits per heavy atom. The molecule has 2 aliphatic rings. The van der Waals surface area contributed by atoms with Crippen molar-refractivity contribution in [2.45, 2.75) is 57.5 Å². The number of fused-ring (bicyclic) bond motifs is 2. The van der Waals surface area contributed by atoms with Crippen molar-refractivity contribution in [1.29, 1.82) is 0 Å². The Hall–Kier alpha value is -0.860. The minimum absolute atomic E-state index is 0.0291. The van der Waals surface area contributed by atoms with Gasteiger partial charge in [-0.15, -0.1) is 0 Å². The molecule has 1 heterocycles. The molecule has 0 N–H and O–H groups in total. The third-order valence-corrected chi connectivity index (χ3v) is 4.60. The van der Waals surface area contributed by atoms with E-state index in [9.17, 15) is 0 Å². The van der Waals surface area contributed by atoms with Crippen LogP contribution in [0.3, 0.4) is 0 Å². The van der Waals surface area contributed by atoms with Crippen LogP contribution in [0, 0.1) is 5.92 Å². The molecule has 0 unspecified atom stereocenters. The van der Waals surface area contributed by atoms with E-state index in [4.69, 9.17) is 9.47 Å². The standard InChI is InChI=1S/C16H22O2/c1-15(2)13-9-14(16(3,10-13)18-15)17-11-12-7-5-4-6-8-12/h4-8,13-14H,9-11H2,1-3H3/t13-,14+,16-/m1/s1. The maximum Gasteiger partial charge on any atom is 0.0926 e. The third kappa shape index (κ3) is 1.98. The monoisotopic (exact) mass is 246 g/mol. The molecule has 0 amide bonds. The van der Waals surface area contributed by atoms with Gasteiger partial charge in [0.25, 0.3) is 0 Å². The van der Waals surface area contributed by atoms with Crippen LogP contribution in [0.5, 0.6) is 0 Å². The van der Waals surface area contributed by atoms with Gasteiger partial charge in [-0.25, -0.2) is 0 Å². The lowest BCUT2D eigenvalue weighted by Crippen LogP contribution is -2.45. The fourth-order valence-corrected chi connectivity index (χ4v) is 3.55. The van der Waals surface area contributed by atoms with Gasteiger partial charge in [0.1, 0.15) is 0 Å². The van der Waals surface area contributed by atoms with Crippen LogP contribution in [0.1, 0.15) is 39.2 Å². The number of ether oxygens (including phenoxy) is 2. The highest BCUT2D eigenvalue weighted by molar-refractivity contribution is 5.14. The van der Waals surface area contributed by atoms with Crippen LogP contribution in [0.15, 0.2) is 30.3 Å². The van der Waals surface area contributed by atoms with Crippen LogP contribution in [0.4, 0.5) is 0 Å². The number of hydrogen-bond donors (Lipinski definition) is 0. The normalized spacial score (nSPS) is 37.1. The number of rotatable bonds is 3. The summed E-state index contributed by atoms with van der Waals surface area (Å²) in [4.78, 5) is 0. The fraction of sp³-hybridized carbons (Fsp3) is 0.625. The van der Waals surface area contributed by atoms with Gasteiger partial charge in [0, 0.05) is 0 Å². The Morgan fingerprint density at radius 3 is 2.50 bits per heavy atom. The summed E-state index contributed by atoms with van der Waals surface area (Å²) < 4.78 is 12.3. The van der Waals surface area contributed by atoms with Crippen molar-refractivity contribution in [3.63, 3.8) is 0 Å². The molecule has 0 aromatic heterocycles. The minimum Gasteiger partial charge on any atom is -0.371 e. The highest BCUT2D eigenvalue weighted by Crippen LogP contribution is 2.54. The second-order valence-electron chi connectivity index (χ2n) is 6.44. The maximum atomic E-state index is 6.21. The molecule has 0 radical (unpaired) electrons. The first-order chi connectivity index (χ1) is 8.50. The summed E-state index contributed by atoms with van der Waals surface area (Å²) in [5.41, 5.74) is 1.19. The molecule has 1 saturated carbocycles. The topological polar surface area (TPSA) is 18.5 Å². The molecular weight excluding hydrogens is 224 g/mol. The molecule has 1 aromatic rings. The van der Waals surface area contributed by atoms with Gasteiger partial charge >= 0.3 is 0 Å². The Morgan fingerprint density at radius 1 is 1.22 bits per heavy atom. The largest absolute Gasteiger partial charge is 0.371 e. The van der Waals surface area contributed by atoms with E-state index in [2.05, 4.69) is 45.0 Å². The first kappa shape index (κ1) is 12.2. The molecule has 2 heteroatoms. The summed E-state index contributed by atoms with van der Waals surface area (Å²) in [5.74, 6) is 0.642. The predicted molar refractivity (Wildman–Crippen MR) is 71.3 cm³/mol. The second kappa shape index (κ2) is 4.07. The smallest absolute Gasteiger partial charge is 0.0926 e. The van der Waals surface area contributed by atoms with Gasteiger partial charge in [-0.05, 0) is 45.1 Å². The van der Waals surface area contributed by atoms with Crippen LogP contribution >= 0.6 is 0 Å². The summed E-state index contributed by atoms with van der Waals surface area (Å²) in [6.45, 7) is 7.31. The Labute approximate surface area is 109 Å². The molecule has 18 heavy (non-hydrogen) atoms. The van der Waals surface area contributed by atoms with E-state index < -0.39 is 0 Å². The fourth-order valence-electron chi connectivity index (χ4n) is 3.55. The van der Waals surface area contributed by atoms with E-state index in [0.717, 1.165) is 12.8 Å². The van der Waals surface area contributed by atoms with Gasteiger partial charge in [-0.1, -0.05) is 30.3 Å². The molecule has 98 valence electrons. The molecule has 0 spiro atoms. The molecule has 3 rings (SSSR count). The Kier molecular flexibility index (Phi) is 2.76. The van der Waals surface area contributed by atoms with Crippen LogP contribution in [0.25, 0.3) is 0 Å². The predicted octanol–water partition coefficient (Wildman–Crippen LogP) is 3.55. The SMILES string of the molecule is CC1(C)O[C@]2(C)C[C@H]1C[C@@H]2OCc1ccccc1. The summed E-state index contributed by atoms with van der Waals surface area (Å²) in [6, 6.07) is 10.4. The van der Waals surface area contributed by atoms with Gasteiger partial charge < -0.3 is 9.47 Å². The zero-order valence-electron chi connectivity index (χ0n) is 11.5. The van der Waals surface area contributed by atoms with Crippen molar-refractivity contribution in [2.24, 2.45) is 5.92 Å². The zero-order chi connectivity index (χ0) is 12.8. The van der Waals surface area contributed by atoms with E-state index in [1.54, 1.807) is 0 Å². The lowest BCUT2D eigenvalue weighted by atomic mass is 9.90. The van der Waals surface area contributed by atoms with Gasteiger partial charge in [-0.3, -0.25) is 0 Å². The highest BCUT2D eigenvalue weighted by atomic mass is 16.6. The molecule has 2 nitrogen and oxygen atoms in total. The van der Waals surface area contributed by atoms with E-state index in [-0.39, 0.29) is 17.3 Å². The van der Waals surface area contributed by atoms with E-state index >= 15 is 0 Å². The number of benzene rings is 1. The zero-order valence-corrected chi connectivity index (χ0v) is 11.5. The Balaban J connectivity index is 1.63. The van der Waals surface area contributed by atoms with E-state index in [0.29, 0.717) is 12.5 Å². The summed E-state index contributed by atoms with van der Waals surface area (Å²) >= 11 is 0. The summed E-state index contributed by atoms with van der Waals surface area (Å²) in [7, 11) is 0.